The predicted molar refractivity (Wildman–Crippen MR) is 43.3 cm³/mol. The van der Waals surface area contributed by atoms with Crippen LogP contribution in [0.4, 0.5) is 0 Å². The first-order valence-electron chi connectivity index (χ1n) is 3.10. The first-order valence-corrected chi connectivity index (χ1v) is 3.10. The van der Waals surface area contributed by atoms with Gasteiger partial charge in [0.05, 0.1) is 6.07 Å². The van der Waals surface area contributed by atoms with Crippen LogP contribution < -0.4 is 0 Å². The normalized spacial score (nSPS) is 11.5. The standard InChI is InChI=1S/C9H11N/c1-4-8(2)5-6-9(3)7-10/h4-6H,3H2,1-2H3/b6-5-,8-4-. The van der Waals surface area contributed by atoms with Gasteiger partial charge in [0.1, 0.15) is 0 Å². The summed E-state index contributed by atoms with van der Waals surface area (Å²) >= 11 is 0. The Labute approximate surface area is 62.0 Å². The van der Waals surface area contributed by atoms with E-state index >= 15 is 0 Å². The monoisotopic (exact) mass is 133 g/mol. The molecule has 0 aromatic carbocycles. The van der Waals surface area contributed by atoms with Crippen LogP contribution in [0.2, 0.25) is 0 Å². The number of rotatable bonds is 2. The third-order valence-corrected chi connectivity index (χ3v) is 1.15. The molecule has 0 aliphatic heterocycles. The molecule has 0 atom stereocenters. The van der Waals surface area contributed by atoms with E-state index in [1.165, 1.54) is 0 Å². The Morgan fingerprint density at radius 3 is 2.50 bits per heavy atom. The van der Waals surface area contributed by atoms with Gasteiger partial charge in [-0.25, -0.2) is 0 Å². The summed E-state index contributed by atoms with van der Waals surface area (Å²) in [4.78, 5) is 0. The van der Waals surface area contributed by atoms with Crippen molar-refractivity contribution >= 4 is 0 Å². The molecule has 0 radical (unpaired) electrons. The van der Waals surface area contributed by atoms with Crippen LogP contribution >= 0.6 is 0 Å². The van der Waals surface area contributed by atoms with Crippen molar-refractivity contribution in [2.24, 2.45) is 0 Å². The fourth-order valence-corrected chi connectivity index (χ4v) is 0.366. The second-order valence-electron chi connectivity index (χ2n) is 2.00. The number of hydrogen-bond acceptors (Lipinski definition) is 1. The van der Waals surface area contributed by atoms with Crippen LogP contribution in [-0.2, 0) is 0 Å². The Bertz CT molecular complexity index is 213. The summed E-state index contributed by atoms with van der Waals surface area (Å²) < 4.78 is 0. The van der Waals surface area contributed by atoms with E-state index in [9.17, 15) is 0 Å². The summed E-state index contributed by atoms with van der Waals surface area (Å²) in [6, 6.07) is 1.94. The maximum atomic E-state index is 8.30. The number of allylic oxidation sites excluding steroid dienone is 5. The van der Waals surface area contributed by atoms with Crippen molar-refractivity contribution in [2.45, 2.75) is 13.8 Å². The van der Waals surface area contributed by atoms with Gasteiger partial charge in [-0.2, -0.15) is 5.26 Å². The molecule has 0 fully saturated rings. The predicted octanol–water partition coefficient (Wildman–Crippen LogP) is 2.59. The molecular formula is C9H11N. The van der Waals surface area contributed by atoms with Gasteiger partial charge in [-0.05, 0) is 19.9 Å². The highest BCUT2D eigenvalue weighted by Gasteiger charge is 1.80. The van der Waals surface area contributed by atoms with E-state index in [0.717, 1.165) is 5.57 Å². The maximum Gasteiger partial charge on any atom is 0.0985 e. The van der Waals surface area contributed by atoms with Crippen LogP contribution in [0.5, 0.6) is 0 Å². The molecule has 0 bridgehead atoms. The molecule has 0 N–H and O–H groups in total. The highest BCUT2D eigenvalue weighted by molar-refractivity contribution is 5.33. The average Bonchev–Trinajstić information content (AvgIpc) is 1.99. The molecule has 0 aliphatic carbocycles. The van der Waals surface area contributed by atoms with Gasteiger partial charge >= 0.3 is 0 Å². The third-order valence-electron chi connectivity index (χ3n) is 1.15. The Hall–Kier alpha value is -1.29. The Balaban J connectivity index is 4.04. The van der Waals surface area contributed by atoms with Crippen LogP contribution in [0.3, 0.4) is 0 Å². The van der Waals surface area contributed by atoms with Crippen LogP contribution in [-0.4, -0.2) is 0 Å². The molecule has 0 amide bonds. The smallest absolute Gasteiger partial charge is 0.0985 e. The number of hydrogen-bond donors (Lipinski definition) is 0. The summed E-state index contributed by atoms with van der Waals surface area (Å²) in [5.74, 6) is 0. The minimum absolute atomic E-state index is 0.487. The van der Waals surface area contributed by atoms with Crippen molar-refractivity contribution in [2.75, 3.05) is 0 Å². The van der Waals surface area contributed by atoms with Crippen molar-refractivity contribution in [1.29, 1.82) is 5.26 Å². The largest absolute Gasteiger partial charge is 0.192 e. The maximum absolute atomic E-state index is 8.30. The van der Waals surface area contributed by atoms with Crippen LogP contribution in [0.15, 0.2) is 36.0 Å². The second kappa shape index (κ2) is 4.58. The highest BCUT2D eigenvalue weighted by Crippen LogP contribution is 1.97. The van der Waals surface area contributed by atoms with E-state index in [1.807, 2.05) is 32.1 Å². The van der Waals surface area contributed by atoms with E-state index < -0.39 is 0 Å². The van der Waals surface area contributed by atoms with Gasteiger partial charge in [-0.3, -0.25) is 0 Å². The van der Waals surface area contributed by atoms with Crippen molar-refractivity contribution in [3.63, 3.8) is 0 Å². The Kier molecular flexibility index (Phi) is 3.99. The minimum atomic E-state index is 0.487. The molecule has 0 heterocycles. The van der Waals surface area contributed by atoms with Crippen LogP contribution in [0.25, 0.3) is 0 Å². The SMILES string of the molecule is C=C(C#N)/C=C\C(C)=C/C. The van der Waals surface area contributed by atoms with Gasteiger partial charge in [0.15, 0.2) is 0 Å². The van der Waals surface area contributed by atoms with Gasteiger partial charge in [-0.1, -0.05) is 24.3 Å². The molecular weight excluding hydrogens is 122 g/mol. The van der Waals surface area contributed by atoms with Gasteiger partial charge in [-0.15, -0.1) is 0 Å². The molecule has 0 saturated carbocycles. The van der Waals surface area contributed by atoms with Crippen LogP contribution in [0, 0.1) is 11.3 Å². The highest BCUT2D eigenvalue weighted by atomic mass is 14.2. The zero-order valence-electron chi connectivity index (χ0n) is 6.39. The molecule has 1 nitrogen and oxygen atoms in total. The van der Waals surface area contributed by atoms with Crippen molar-refractivity contribution in [3.05, 3.63) is 36.0 Å². The van der Waals surface area contributed by atoms with Crippen molar-refractivity contribution < 1.29 is 0 Å². The second-order valence-corrected chi connectivity index (χ2v) is 2.00. The van der Waals surface area contributed by atoms with E-state index in [2.05, 4.69) is 6.58 Å². The van der Waals surface area contributed by atoms with E-state index in [4.69, 9.17) is 5.26 Å². The summed E-state index contributed by atoms with van der Waals surface area (Å²) in [6.07, 6.45) is 5.54. The summed E-state index contributed by atoms with van der Waals surface area (Å²) in [5, 5.41) is 8.30. The van der Waals surface area contributed by atoms with Gasteiger partial charge < -0.3 is 0 Å². The molecule has 0 aromatic rings. The fourth-order valence-electron chi connectivity index (χ4n) is 0.366. The van der Waals surface area contributed by atoms with Gasteiger partial charge in [0, 0.05) is 5.57 Å². The van der Waals surface area contributed by atoms with Crippen molar-refractivity contribution in [3.8, 4) is 6.07 Å². The summed E-state index contributed by atoms with van der Waals surface area (Å²) in [6.45, 7) is 7.43. The minimum Gasteiger partial charge on any atom is -0.192 e. The number of nitriles is 1. The Morgan fingerprint density at radius 1 is 1.50 bits per heavy atom. The lowest BCUT2D eigenvalue weighted by Crippen LogP contribution is -1.68. The molecule has 0 aromatic heterocycles. The first kappa shape index (κ1) is 8.71. The quantitative estimate of drug-likeness (QED) is 0.419. The van der Waals surface area contributed by atoms with E-state index in [0.29, 0.717) is 5.57 Å². The van der Waals surface area contributed by atoms with E-state index in [1.54, 1.807) is 6.08 Å². The molecule has 0 spiro atoms. The lowest BCUT2D eigenvalue weighted by Gasteiger charge is -1.85. The average molecular weight is 133 g/mol. The molecule has 0 saturated heterocycles. The number of nitrogens with zero attached hydrogens (tertiary/aromatic N) is 1. The van der Waals surface area contributed by atoms with Crippen LogP contribution in [0.1, 0.15) is 13.8 Å². The van der Waals surface area contributed by atoms with E-state index in [-0.39, 0.29) is 0 Å². The zero-order valence-corrected chi connectivity index (χ0v) is 6.39. The molecule has 10 heavy (non-hydrogen) atoms. The fraction of sp³-hybridized carbons (Fsp3) is 0.222. The molecule has 52 valence electrons. The molecule has 1 heteroatoms. The molecule has 0 unspecified atom stereocenters. The molecule has 0 rings (SSSR count). The topological polar surface area (TPSA) is 23.8 Å². The summed E-state index contributed by atoms with van der Waals surface area (Å²) in [7, 11) is 0. The lowest BCUT2D eigenvalue weighted by atomic mass is 10.2. The van der Waals surface area contributed by atoms with Crippen molar-refractivity contribution in [1.82, 2.24) is 0 Å². The summed E-state index contributed by atoms with van der Waals surface area (Å²) in [5.41, 5.74) is 1.62. The third kappa shape index (κ3) is 3.68. The van der Waals surface area contributed by atoms with Gasteiger partial charge in [0.25, 0.3) is 0 Å². The first-order chi connectivity index (χ1) is 4.70. The van der Waals surface area contributed by atoms with Gasteiger partial charge in [0.2, 0.25) is 0 Å². The zero-order chi connectivity index (χ0) is 7.98. The Morgan fingerprint density at radius 2 is 2.10 bits per heavy atom. The molecule has 0 aliphatic rings. The lowest BCUT2D eigenvalue weighted by molar-refractivity contribution is 1.46.